The van der Waals surface area contributed by atoms with Gasteiger partial charge in [-0.3, -0.25) is 4.90 Å². The van der Waals surface area contributed by atoms with Crippen molar-refractivity contribution < 1.29 is 14.6 Å². The molecule has 2 rings (SSSR count). The summed E-state index contributed by atoms with van der Waals surface area (Å²) in [5.74, 6) is 0. The van der Waals surface area contributed by atoms with E-state index in [4.69, 9.17) is 4.74 Å². The molecule has 6 nitrogen and oxygen atoms in total. The zero-order valence-electron chi connectivity index (χ0n) is 14.9. The maximum atomic E-state index is 11.8. The van der Waals surface area contributed by atoms with E-state index in [2.05, 4.69) is 15.1 Å². The van der Waals surface area contributed by atoms with Crippen LogP contribution in [0.15, 0.2) is 0 Å². The summed E-state index contributed by atoms with van der Waals surface area (Å²) in [7, 11) is 0. The van der Waals surface area contributed by atoms with E-state index in [1.54, 1.807) is 0 Å². The van der Waals surface area contributed by atoms with Gasteiger partial charge in [0.05, 0.1) is 6.10 Å². The maximum absolute atomic E-state index is 11.8. The van der Waals surface area contributed by atoms with Crippen molar-refractivity contribution in [1.82, 2.24) is 15.1 Å². The summed E-state index contributed by atoms with van der Waals surface area (Å²) in [5, 5.41) is 12.7. The third-order valence-corrected chi connectivity index (χ3v) is 4.52. The van der Waals surface area contributed by atoms with Crippen molar-refractivity contribution in [2.24, 2.45) is 0 Å². The number of piperidine rings is 2. The van der Waals surface area contributed by atoms with Gasteiger partial charge in [-0.05, 0) is 53.0 Å². The van der Waals surface area contributed by atoms with Crippen LogP contribution in [0.5, 0.6) is 0 Å². The lowest BCUT2D eigenvalue weighted by atomic mass is 10.0. The minimum absolute atomic E-state index is 0.146. The van der Waals surface area contributed by atoms with Gasteiger partial charge in [-0.1, -0.05) is 0 Å². The van der Waals surface area contributed by atoms with Crippen LogP contribution in [0.4, 0.5) is 4.79 Å². The van der Waals surface area contributed by atoms with E-state index in [1.807, 2.05) is 20.8 Å². The second-order valence-electron chi connectivity index (χ2n) is 7.86. The number of amides is 1. The Balaban J connectivity index is 1.61. The van der Waals surface area contributed by atoms with Gasteiger partial charge in [-0.15, -0.1) is 0 Å². The first-order valence-electron chi connectivity index (χ1n) is 8.94. The van der Waals surface area contributed by atoms with Crippen molar-refractivity contribution in [3.05, 3.63) is 0 Å². The van der Waals surface area contributed by atoms with Gasteiger partial charge in [0.25, 0.3) is 0 Å². The second kappa shape index (κ2) is 8.31. The number of nitrogens with one attached hydrogen (secondary N) is 1. The number of likely N-dealkylation sites (tertiary alicyclic amines) is 2. The van der Waals surface area contributed by atoms with Crippen LogP contribution < -0.4 is 5.32 Å². The average Bonchev–Trinajstić information content (AvgIpc) is 2.44. The van der Waals surface area contributed by atoms with Crippen LogP contribution in [0.25, 0.3) is 0 Å². The van der Waals surface area contributed by atoms with Crippen molar-refractivity contribution in [1.29, 1.82) is 0 Å². The molecule has 0 bridgehead atoms. The predicted molar refractivity (Wildman–Crippen MR) is 90.5 cm³/mol. The number of hydrogen-bond acceptors (Lipinski definition) is 5. The van der Waals surface area contributed by atoms with Crippen molar-refractivity contribution in [3.8, 4) is 0 Å². The number of aliphatic hydroxyl groups is 1. The molecule has 2 aliphatic heterocycles. The summed E-state index contributed by atoms with van der Waals surface area (Å²) in [5.41, 5.74) is -0.441. The number of aliphatic hydroxyl groups excluding tert-OH is 1. The third-order valence-electron chi connectivity index (χ3n) is 4.52. The summed E-state index contributed by atoms with van der Waals surface area (Å²) in [4.78, 5) is 16.6. The largest absolute Gasteiger partial charge is 0.444 e. The maximum Gasteiger partial charge on any atom is 0.407 e. The molecule has 0 unspecified atom stereocenters. The van der Waals surface area contributed by atoms with Crippen LogP contribution >= 0.6 is 0 Å². The Kier molecular flexibility index (Phi) is 6.68. The van der Waals surface area contributed by atoms with Gasteiger partial charge < -0.3 is 20.1 Å². The Hall–Kier alpha value is -0.850. The molecule has 0 aliphatic carbocycles. The van der Waals surface area contributed by atoms with E-state index in [9.17, 15) is 9.90 Å². The number of carbonyl (C=O) groups excluding carboxylic acids is 1. The second-order valence-corrected chi connectivity index (χ2v) is 7.86. The molecule has 0 saturated carbocycles. The highest BCUT2D eigenvalue weighted by Crippen LogP contribution is 2.14. The third kappa shape index (κ3) is 7.06. The lowest BCUT2D eigenvalue weighted by Crippen LogP contribution is -2.48. The van der Waals surface area contributed by atoms with E-state index in [0.29, 0.717) is 0 Å². The molecule has 0 spiro atoms. The van der Waals surface area contributed by atoms with Gasteiger partial charge in [-0.25, -0.2) is 4.79 Å². The zero-order chi connectivity index (χ0) is 16.9. The summed E-state index contributed by atoms with van der Waals surface area (Å²) in [6, 6.07) is 0.220. The minimum Gasteiger partial charge on any atom is -0.444 e. The molecule has 2 heterocycles. The molecule has 2 aliphatic rings. The van der Waals surface area contributed by atoms with Gasteiger partial charge >= 0.3 is 6.09 Å². The quantitative estimate of drug-likeness (QED) is 0.818. The molecule has 0 aromatic heterocycles. The molecule has 0 aromatic rings. The Bertz CT molecular complexity index is 376. The molecule has 1 amide bonds. The molecule has 0 aromatic carbocycles. The number of β-amino-alcohol motifs (C(OH)–C–C–N with tert-alkyl or cyclic N) is 1. The monoisotopic (exact) mass is 327 g/mol. The van der Waals surface area contributed by atoms with Crippen molar-refractivity contribution in [2.45, 2.75) is 64.2 Å². The fraction of sp³-hybridized carbons (Fsp3) is 0.941. The Morgan fingerprint density at radius 2 is 1.78 bits per heavy atom. The van der Waals surface area contributed by atoms with Crippen LogP contribution in [-0.2, 0) is 4.74 Å². The van der Waals surface area contributed by atoms with E-state index < -0.39 is 5.60 Å². The average molecular weight is 327 g/mol. The SMILES string of the molecule is CC(C)(C)OC(=O)NC1CCN(CCN2CCC[C@@H](O)C2)CC1. The first-order chi connectivity index (χ1) is 10.8. The molecule has 6 heteroatoms. The zero-order valence-corrected chi connectivity index (χ0v) is 14.9. The smallest absolute Gasteiger partial charge is 0.407 e. The van der Waals surface area contributed by atoms with Crippen molar-refractivity contribution >= 4 is 6.09 Å². The topological polar surface area (TPSA) is 65.0 Å². The van der Waals surface area contributed by atoms with Crippen LogP contribution in [0.1, 0.15) is 46.5 Å². The first kappa shape index (κ1) is 18.5. The number of nitrogens with zero attached hydrogens (tertiary/aromatic N) is 2. The molecule has 23 heavy (non-hydrogen) atoms. The van der Waals surface area contributed by atoms with E-state index in [1.165, 1.54) is 0 Å². The Labute approximate surface area is 140 Å². The predicted octanol–water partition coefficient (Wildman–Crippen LogP) is 1.43. The number of ether oxygens (including phenoxy) is 1. The van der Waals surface area contributed by atoms with Crippen LogP contribution in [0, 0.1) is 0 Å². The fourth-order valence-corrected chi connectivity index (χ4v) is 3.29. The molecule has 1 atom stereocenters. The standard InChI is InChI=1S/C17H33N3O3/c1-17(2,3)23-16(22)18-14-6-9-19(10-7-14)11-12-20-8-4-5-15(21)13-20/h14-15,21H,4-13H2,1-3H3,(H,18,22)/t15-/m1/s1. The van der Waals surface area contributed by atoms with Gasteiger partial charge in [0.15, 0.2) is 0 Å². The van der Waals surface area contributed by atoms with Crippen LogP contribution in [-0.4, -0.2) is 78.0 Å². The Morgan fingerprint density at radius 3 is 2.39 bits per heavy atom. The molecular formula is C17H33N3O3. The lowest BCUT2D eigenvalue weighted by molar-refractivity contribution is 0.0466. The number of hydrogen-bond donors (Lipinski definition) is 2. The summed E-state index contributed by atoms with van der Waals surface area (Å²) in [6.07, 6.45) is 3.54. The lowest BCUT2D eigenvalue weighted by Gasteiger charge is -2.35. The van der Waals surface area contributed by atoms with Gasteiger partial charge in [-0.2, -0.15) is 0 Å². The van der Waals surface area contributed by atoms with Crippen molar-refractivity contribution in [3.63, 3.8) is 0 Å². The first-order valence-corrected chi connectivity index (χ1v) is 8.94. The van der Waals surface area contributed by atoms with Gasteiger partial charge in [0, 0.05) is 38.8 Å². The Morgan fingerprint density at radius 1 is 1.13 bits per heavy atom. The summed E-state index contributed by atoms with van der Waals surface area (Å²) in [6.45, 7) is 11.7. The molecule has 134 valence electrons. The fourth-order valence-electron chi connectivity index (χ4n) is 3.29. The van der Waals surface area contributed by atoms with Gasteiger partial charge in [0.2, 0.25) is 0 Å². The number of alkyl carbamates (subject to hydrolysis) is 1. The highest BCUT2D eigenvalue weighted by atomic mass is 16.6. The molecular weight excluding hydrogens is 294 g/mol. The molecule has 2 fully saturated rings. The molecule has 2 N–H and O–H groups in total. The normalized spacial score (nSPS) is 25.3. The minimum atomic E-state index is -0.441. The van der Waals surface area contributed by atoms with E-state index >= 15 is 0 Å². The van der Waals surface area contributed by atoms with Crippen LogP contribution in [0.3, 0.4) is 0 Å². The number of rotatable bonds is 4. The number of carbonyl (C=O) groups is 1. The highest BCUT2D eigenvalue weighted by Gasteiger charge is 2.24. The highest BCUT2D eigenvalue weighted by molar-refractivity contribution is 5.68. The van der Waals surface area contributed by atoms with Gasteiger partial charge in [0.1, 0.15) is 5.60 Å². The molecule has 0 radical (unpaired) electrons. The summed E-state index contributed by atoms with van der Waals surface area (Å²) >= 11 is 0. The summed E-state index contributed by atoms with van der Waals surface area (Å²) < 4.78 is 5.31. The van der Waals surface area contributed by atoms with Crippen molar-refractivity contribution in [2.75, 3.05) is 39.3 Å². The van der Waals surface area contributed by atoms with E-state index in [0.717, 1.165) is 65.0 Å². The molecule has 2 saturated heterocycles. The van der Waals surface area contributed by atoms with Crippen LogP contribution in [0.2, 0.25) is 0 Å². The van der Waals surface area contributed by atoms with E-state index in [-0.39, 0.29) is 18.2 Å².